The molecule has 1 heterocycles. The van der Waals surface area contributed by atoms with Gasteiger partial charge in [0, 0.05) is 33.0 Å². The molecule has 0 bridgehead atoms. The zero-order chi connectivity index (χ0) is 17.3. The summed E-state index contributed by atoms with van der Waals surface area (Å²) in [5, 5.41) is 3.93. The topological polar surface area (TPSA) is 59.3 Å². The summed E-state index contributed by atoms with van der Waals surface area (Å²) in [6.07, 6.45) is 1.91. The second kappa shape index (κ2) is 6.61. The van der Waals surface area contributed by atoms with Gasteiger partial charge in [0.2, 0.25) is 5.91 Å². The standard InChI is InChI=1S/C19H19NO3S/c1-12-13(2)23-18-9-6-15(11-17(12)18)20-19(21)10-14-4-7-16(8-5-14)24(3)22/h4-9,11H,10H2,1-3H3,(H,20,21). The van der Waals surface area contributed by atoms with Gasteiger partial charge >= 0.3 is 0 Å². The van der Waals surface area contributed by atoms with E-state index in [0.29, 0.717) is 0 Å². The number of amides is 1. The average Bonchev–Trinajstić information content (AvgIpc) is 2.82. The quantitative estimate of drug-likeness (QED) is 0.781. The van der Waals surface area contributed by atoms with Crippen molar-refractivity contribution in [1.82, 2.24) is 0 Å². The summed E-state index contributed by atoms with van der Waals surface area (Å²) in [5.41, 5.74) is 3.55. The van der Waals surface area contributed by atoms with Gasteiger partial charge in [0.1, 0.15) is 11.3 Å². The molecule has 3 rings (SSSR count). The molecule has 0 aliphatic heterocycles. The van der Waals surface area contributed by atoms with Crippen LogP contribution in [-0.2, 0) is 22.0 Å². The Kier molecular flexibility index (Phi) is 4.53. The minimum Gasteiger partial charge on any atom is -0.461 e. The number of benzene rings is 2. The fourth-order valence-corrected chi connectivity index (χ4v) is 3.13. The van der Waals surface area contributed by atoms with Crippen LogP contribution < -0.4 is 5.32 Å². The Morgan fingerprint density at radius 3 is 2.50 bits per heavy atom. The first-order valence-electron chi connectivity index (χ1n) is 7.66. The van der Waals surface area contributed by atoms with Gasteiger partial charge in [-0.1, -0.05) is 12.1 Å². The van der Waals surface area contributed by atoms with Crippen LogP contribution in [0.4, 0.5) is 5.69 Å². The van der Waals surface area contributed by atoms with Gasteiger partial charge in [-0.05, 0) is 55.3 Å². The maximum Gasteiger partial charge on any atom is 0.228 e. The molecule has 5 heteroatoms. The SMILES string of the molecule is Cc1oc2ccc(NC(=O)Cc3ccc(S(C)=O)cc3)cc2c1C. The van der Waals surface area contributed by atoms with Crippen LogP contribution in [0.1, 0.15) is 16.9 Å². The fourth-order valence-electron chi connectivity index (χ4n) is 2.61. The van der Waals surface area contributed by atoms with E-state index < -0.39 is 10.8 Å². The lowest BCUT2D eigenvalue weighted by atomic mass is 10.1. The third-order valence-corrected chi connectivity index (χ3v) is 5.01. The maximum atomic E-state index is 12.2. The smallest absolute Gasteiger partial charge is 0.228 e. The van der Waals surface area contributed by atoms with Crippen molar-refractivity contribution in [2.75, 3.05) is 11.6 Å². The Morgan fingerprint density at radius 1 is 1.12 bits per heavy atom. The number of fused-ring (bicyclic) bond motifs is 1. The van der Waals surface area contributed by atoms with Crippen LogP contribution in [0.3, 0.4) is 0 Å². The van der Waals surface area contributed by atoms with Gasteiger partial charge in [0.05, 0.1) is 6.42 Å². The number of rotatable bonds is 4. The fraction of sp³-hybridized carbons (Fsp3) is 0.211. The van der Waals surface area contributed by atoms with Crippen molar-refractivity contribution in [3.8, 4) is 0 Å². The Balaban J connectivity index is 1.72. The Morgan fingerprint density at radius 2 is 1.83 bits per heavy atom. The first-order chi connectivity index (χ1) is 11.4. The lowest BCUT2D eigenvalue weighted by molar-refractivity contribution is -0.115. The molecule has 1 unspecified atom stereocenters. The molecule has 2 aromatic carbocycles. The highest BCUT2D eigenvalue weighted by molar-refractivity contribution is 7.84. The largest absolute Gasteiger partial charge is 0.461 e. The molecule has 1 atom stereocenters. The Bertz CT molecular complexity index is 926. The number of hydrogen-bond donors (Lipinski definition) is 1. The minimum absolute atomic E-state index is 0.0856. The molecular formula is C19H19NO3S. The van der Waals surface area contributed by atoms with Crippen molar-refractivity contribution >= 4 is 33.4 Å². The summed E-state index contributed by atoms with van der Waals surface area (Å²) >= 11 is 0. The van der Waals surface area contributed by atoms with Crippen molar-refractivity contribution in [3.63, 3.8) is 0 Å². The molecule has 24 heavy (non-hydrogen) atoms. The second-order valence-corrected chi connectivity index (χ2v) is 7.20. The predicted octanol–water partition coefficient (Wildman–Crippen LogP) is 3.97. The second-order valence-electron chi connectivity index (χ2n) is 5.82. The van der Waals surface area contributed by atoms with Gasteiger partial charge in [0.15, 0.2) is 0 Å². The van der Waals surface area contributed by atoms with E-state index in [0.717, 1.165) is 38.4 Å². The van der Waals surface area contributed by atoms with E-state index >= 15 is 0 Å². The molecule has 3 aromatic rings. The number of nitrogens with one attached hydrogen (secondary N) is 1. The lowest BCUT2D eigenvalue weighted by Gasteiger charge is -2.06. The highest BCUT2D eigenvalue weighted by Gasteiger charge is 2.09. The molecule has 0 spiro atoms. The molecular weight excluding hydrogens is 322 g/mol. The van der Waals surface area contributed by atoms with Crippen LogP contribution in [-0.4, -0.2) is 16.4 Å². The number of anilines is 1. The number of aryl methyl sites for hydroxylation is 2. The van der Waals surface area contributed by atoms with Crippen LogP contribution in [0.2, 0.25) is 0 Å². The summed E-state index contributed by atoms with van der Waals surface area (Å²) in [6, 6.07) is 12.9. The summed E-state index contributed by atoms with van der Waals surface area (Å²) in [7, 11) is -1.00. The molecule has 1 aromatic heterocycles. The monoisotopic (exact) mass is 341 g/mol. The van der Waals surface area contributed by atoms with Gasteiger partial charge in [-0.2, -0.15) is 0 Å². The van der Waals surface area contributed by atoms with Gasteiger partial charge in [-0.3, -0.25) is 9.00 Å². The third-order valence-electron chi connectivity index (χ3n) is 4.08. The number of hydrogen-bond acceptors (Lipinski definition) is 3. The van der Waals surface area contributed by atoms with Gasteiger partial charge < -0.3 is 9.73 Å². The van der Waals surface area contributed by atoms with E-state index in [1.165, 1.54) is 0 Å². The molecule has 0 saturated heterocycles. The van der Waals surface area contributed by atoms with Crippen LogP contribution >= 0.6 is 0 Å². The first kappa shape index (κ1) is 16.5. The average molecular weight is 341 g/mol. The maximum absolute atomic E-state index is 12.2. The molecule has 0 fully saturated rings. The molecule has 0 aliphatic rings. The van der Waals surface area contributed by atoms with Crippen molar-refractivity contribution in [3.05, 3.63) is 59.4 Å². The van der Waals surface area contributed by atoms with Crippen LogP contribution in [0.5, 0.6) is 0 Å². The normalized spacial score (nSPS) is 12.3. The van der Waals surface area contributed by atoms with Gasteiger partial charge in [-0.15, -0.1) is 0 Å². The van der Waals surface area contributed by atoms with Gasteiger partial charge in [0.25, 0.3) is 0 Å². The van der Waals surface area contributed by atoms with Crippen molar-refractivity contribution in [2.24, 2.45) is 0 Å². The number of carbonyl (C=O) groups excluding carboxylic acids is 1. The van der Waals surface area contributed by atoms with Crippen LogP contribution in [0, 0.1) is 13.8 Å². The van der Waals surface area contributed by atoms with E-state index in [2.05, 4.69) is 5.32 Å². The Labute approximate surface area is 143 Å². The van der Waals surface area contributed by atoms with E-state index in [-0.39, 0.29) is 12.3 Å². The van der Waals surface area contributed by atoms with Crippen LogP contribution in [0.15, 0.2) is 51.8 Å². The number of furan rings is 1. The molecule has 4 nitrogen and oxygen atoms in total. The molecule has 0 aliphatic carbocycles. The summed E-state index contributed by atoms with van der Waals surface area (Å²) in [5.74, 6) is 0.805. The highest BCUT2D eigenvalue weighted by Crippen LogP contribution is 2.27. The molecule has 0 saturated carbocycles. The highest BCUT2D eigenvalue weighted by atomic mass is 32.2. The van der Waals surface area contributed by atoms with Crippen molar-refractivity contribution in [1.29, 1.82) is 0 Å². The molecule has 124 valence electrons. The minimum atomic E-state index is -1.00. The van der Waals surface area contributed by atoms with Crippen LogP contribution in [0.25, 0.3) is 11.0 Å². The number of carbonyl (C=O) groups is 1. The summed E-state index contributed by atoms with van der Waals surface area (Å²) < 4.78 is 17.0. The zero-order valence-corrected chi connectivity index (χ0v) is 14.7. The molecule has 1 amide bonds. The van der Waals surface area contributed by atoms with E-state index in [1.807, 2.05) is 44.2 Å². The lowest BCUT2D eigenvalue weighted by Crippen LogP contribution is -2.14. The summed E-state index contributed by atoms with van der Waals surface area (Å²) in [6.45, 7) is 3.94. The summed E-state index contributed by atoms with van der Waals surface area (Å²) in [4.78, 5) is 13.0. The van der Waals surface area contributed by atoms with Crippen molar-refractivity contribution in [2.45, 2.75) is 25.2 Å². The predicted molar refractivity (Wildman–Crippen MR) is 96.8 cm³/mol. The van der Waals surface area contributed by atoms with Gasteiger partial charge in [-0.25, -0.2) is 0 Å². The van der Waals surface area contributed by atoms with Crippen molar-refractivity contribution < 1.29 is 13.4 Å². The molecule has 0 radical (unpaired) electrons. The first-order valence-corrected chi connectivity index (χ1v) is 9.22. The zero-order valence-electron chi connectivity index (χ0n) is 13.9. The third kappa shape index (κ3) is 3.41. The van der Waals surface area contributed by atoms with E-state index in [4.69, 9.17) is 4.42 Å². The Hall–Kier alpha value is -2.40. The van der Waals surface area contributed by atoms with E-state index in [9.17, 15) is 9.00 Å². The van der Waals surface area contributed by atoms with E-state index in [1.54, 1.807) is 18.4 Å². The molecule has 1 N–H and O–H groups in total.